The van der Waals surface area contributed by atoms with Crippen LogP contribution in [-0.4, -0.2) is 31.6 Å². The van der Waals surface area contributed by atoms with E-state index in [1.54, 1.807) is 0 Å². The zero-order chi connectivity index (χ0) is 16.1. The molecule has 1 aliphatic rings. The van der Waals surface area contributed by atoms with Crippen LogP contribution < -0.4 is 15.4 Å². The number of carbonyl (C=O) groups is 1. The van der Waals surface area contributed by atoms with Crippen molar-refractivity contribution >= 4 is 18.3 Å². The van der Waals surface area contributed by atoms with E-state index >= 15 is 0 Å². The van der Waals surface area contributed by atoms with Gasteiger partial charge in [0.25, 0.3) is 5.91 Å². The Morgan fingerprint density at radius 1 is 1.43 bits per heavy atom. The van der Waals surface area contributed by atoms with E-state index < -0.39 is 0 Å². The fraction of sp³-hybridized carbons (Fsp3) is 0.611. The van der Waals surface area contributed by atoms with Gasteiger partial charge in [0.15, 0.2) is 6.61 Å². The van der Waals surface area contributed by atoms with E-state index in [0.29, 0.717) is 11.8 Å². The largest absolute Gasteiger partial charge is 0.483 e. The fourth-order valence-corrected chi connectivity index (χ4v) is 2.86. The molecule has 1 aromatic carbocycles. The third-order valence-corrected chi connectivity index (χ3v) is 4.28. The highest BCUT2D eigenvalue weighted by molar-refractivity contribution is 5.85. The second kappa shape index (κ2) is 9.14. The lowest BCUT2D eigenvalue weighted by molar-refractivity contribution is -0.124. The van der Waals surface area contributed by atoms with Gasteiger partial charge < -0.3 is 15.4 Å². The molecule has 5 heteroatoms. The number of aryl methyl sites for hydroxylation is 1. The van der Waals surface area contributed by atoms with Gasteiger partial charge in [-0.15, -0.1) is 12.4 Å². The lowest BCUT2D eigenvalue weighted by atomic mass is 9.95. The molecule has 0 aromatic heterocycles. The zero-order valence-corrected chi connectivity index (χ0v) is 15.3. The molecule has 1 heterocycles. The number of benzene rings is 1. The van der Waals surface area contributed by atoms with Crippen LogP contribution in [0.4, 0.5) is 0 Å². The summed E-state index contributed by atoms with van der Waals surface area (Å²) in [5.74, 6) is 1.63. The van der Waals surface area contributed by atoms with E-state index in [4.69, 9.17) is 4.74 Å². The first-order chi connectivity index (χ1) is 10.5. The summed E-state index contributed by atoms with van der Waals surface area (Å²) in [4.78, 5) is 12.1. The molecule has 0 aliphatic carbocycles. The second-order valence-corrected chi connectivity index (χ2v) is 6.63. The van der Waals surface area contributed by atoms with Crippen molar-refractivity contribution in [2.45, 2.75) is 46.1 Å². The highest BCUT2D eigenvalue weighted by Crippen LogP contribution is 2.27. The molecule has 2 rings (SSSR count). The normalized spacial score (nSPS) is 20.7. The van der Waals surface area contributed by atoms with Gasteiger partial charge in [0.1, 0.15) is 5.75 Å². The van der Waals surface area contributed by atoms with Crippen LogP contribution in [0.15, 0.2) is 18.2 Å². The third-order valence-electron chi connectivity index (χ3n) is 4.28. The average molecular weight is 341 g/mol. The average Bonchev–Trinajstić information content (AvgIpc) is 2.47. The van der Waals surface area contributed by atoms with Crippen molar-refractivity contribution in [1.29, 1.82) is 0 Å². The van der Waals surface area contributed by atoms with E-state index in [2.05, 4.69) is 43.5 Å². The molecule has 1 amide bonds. The molecule has 1 aromatic rings. The Bertz CT molecular complexity index is 520. The molecule has 2 N–H and O–H groups in total. The van der Waals surface area contributed by atoms with Crippen molar-refractivity contribution in [2.24, 2.45) is 5.92 Å². The first-order valence-corrected chi connectivity index (χ1v) is 8.20. The minimum absolute atomic E-state index is 0. The van der Waals surface area contributed by atoms with Crippen molar-refractivity contribution in [3.05, 3.63) is 29.3 Å². The molecule has 1 aliphatic heterocycles. The number of ether oxygens (including phenoxy) is 1. The smallest absolute Gasteiger partial charge is 0.258 e. The Hall–Kier alpha value is -1.26. The minimum Gasteiger partial charge on any atom is -0.483 e. The summed E-state index contributed by atoms with van der Waals surface area (Å²) < 4.78 is 5.79. The van der Waals surface area contributed by atoms with Gasteiger partial charge in [-0.1, -0.05) is 32.9 Å². The molecule has 130 valence electrons. The molecule has 0 radical (unpaired) electrons. The van der Waals surface area contributed by atoms with Crippen LogP contribution in [0.2, 0.25) is 0 Å². The van der Waals surface area contributed by atoms with Crippen LogP contribution in [0.5, 0.6) is 5.75 Å². The lowest BCUT2D eigenvalue weighted by Crippen LogP contribution is -2.49. The molecule has 0 bridgehead atoms. The minimum atomic E-state index is -0.0324. The Labute approximate surface area is 145 Å². The van der Waals surface area contributed by atoms with E-state index in [1.165, 1.54) is 0 Å². The van der Waals surface area contributed by atoms with Crippen LogP contribution in [-0.2, 0) is 4.79 Å². The first-order valence-electron chi connectivity index (χ1n) is 8.20. The Morgan fingerprint density at radius 3 is 2.83 bits per heavy atom. The summed E-state index contributed by atoms with van der Waals surface area (Å²) in [6.07, 6.45) is 0.981. The standard InChI is InChI=1S/C18H28N2O2.ClH/c1-12(2)15-6-5-13(3)9-17(15)22-11-18(21)20-16-7-8-19-10-14(16)4;/h5-6,9,12,14,16,19H,7-8,10-11H2,1-4H3,(H,20,21);1H. The molecule has 2 atom stereocenters. The van der Waals surface area contributed by atoms with Crippen LogP contribution in [0.3, 0.4) is 0 Å². The second-order valence-electron chi connectivity index (χ2n) is 6.63. The van der Waals surface area contributed by atoms with Gasteiger partial charge >= 0.3 is 0 Å². The summed E-state index contributed by atoms with van der Waals surface area (Å²) >= 11 is 0. The quantitative estimate of drug-likeness (QED) is 0.866. The third kappa shape index (κ3) is 5.70. The van der Waals surface area contributed by atoms with Gasteiger partial charge in [-0.05, 0) is 55.5 Å². The molecule has 1 saturated heterocycles. The fourth-order valence-electron chi connectivity index (χ4n) is 2.86. The van der Waals surface area contributed by atoms with E-state index in [0.717, 1.165) is 36.4 Å². The molecular weight excluding hydrogens is 312 g/mol. The zero-order valence-electron chi connectivity index (χ0n) is 14.5. The molecule has 2 unspecified atom stereocenters. The van der Waals surface area contributed by atoms with Gasteiger partial charge in [0, 0.05) is 6.04 Å². The Balaban J connectivity index is 0.00000264. The summed E-state index contributed by atoms with van der Waals surface area (Å²) in [7, 11) is 0. The van der Waals surface area contributed by atoms with Crippen LogP contribution in [0.1, 0.15) is 44.2 Å². The monoisotopic (exact) mass is 340 g/mol. The van der Waals surface area contributed by atoms with E-state index in [9.17, 15) is 4.79 Å². The topological polar surface area (TPSA) is 50.4 Å². The number of nitrogens with one attached hydrogen (secondary N) is 2. The van der Waals surface area contributed by atoms with Gasteiger partial charge in [-0.3, -0.25) is 4.79 Å². The number of hydrogen-bond donors (Lipinski definition) is 2. The number of carbonyl (C=O) groups excluding carboxylic acids is 1. The van der Waals surface area contributed by atoms with E-state index in [1.807, 2.05) is 13.0 Å². The maximum Gasteiger partial charge on any atom is 0.258 e. The number of piperidine rings is 1. The summed E-state index contributed by atoms with van der Waals surface area (Å²) in [5, 5.41) is 6.44. The summed E-state index contributed by atoms with van der Waals surface area (Å²) in [6, 6.07) is 6.43. The van der Waals surface area contributed by atoms with Gasteiger partial charge in [-0.25, -0.2) is 0 Å². The molecular formula is C18H29ClN2O2. The first kappa shape index (κ1) is 19.8. The SMILES string of the molecule is Cc1ccc(C(C)C)c(OCC(=O)NC2CCNCC2C)c1.Cl. The van der Waals surface area contributed by atoms with Crippen molar-refractivity contribution in [3.63, 3.8) is 0 Å². The number of amides is 1. The molecule has 1 fully saturated rings. The lowest BCUT2D eigenvalue weighted by Gasteiger charge is -2.30. The summed E-state index contributed by atoms with van der Waals surface area (Å²) in [6.45, 7) is 10.5. The van der Waals surface area contributed by atoms with Gasteiger partial charge in [0.05, 0.1) is 0 Å². The van der Waals surface area contributed by atoms with Crippen LogP contribution >= 0.6 is 12.4 Å². The van der Waals surface area contributed by atoms with Crippen molar-refractivity contribution in [3.8, 4) is 5.75 Å². The molecule has 0 saturated carbocycles. The van der Waals surface area contributed by atoms with Crippen molar-refractivity contribution in [1.82, 2.24) is 10.6 Å². The molecule has 23 heavy (non-hydrogen) atoms. The maximum absolute atomic E-state index is 12.1. The maximum atomic E-state index is 12.1. The van der Waals surface area contributed by atoms with Crippen molar-refractivity contribution < 1.29 is 9.53 Å². The highest BCUT2D eigenvalue weighted by Gasteiger charge is 2.22. The summed E-state index contributed by atoms with van der Waals surface area (Å²) in [5.41, 5.74) is 2.29. The molecule has 4 nitrogen and oxygen atoms in total. The number of rotatable bonds is 5. The number of halogens is 1. The van der Waals surface area contributed by atoms with Crippen LogP contribution in [0, 0.1) is 12.8 Å². The Kier molecular flexibility index (Phi) is 7.86. The molecule has 0 spiro atoms. The predicted molar refractivity (Wildman–Crippen MR) is 96.6 cm³/mol. The number of hydrogen-bond acceptors (Lipinski definition) is 3. The van der Waals surface area contributed by atoms with Crippen molar-refractivity contribution in [2.75, 3.05) is 19.7 Å². The predicted octanol–water partition coefficient (Wildman–Crippen LogP) is 3.03. The Morgan fingerprint density at radius 2 is 2.17 bits per heavy atom. The van der Waals surface area contributed by atoms with Gasteiger partial charge in [-0.2, -0.15) is 0 Å². The van der Waals surface area contributed by atoms with E-state index in [-0.39, 0.29) is 31.0 Å². The van der Waals surface area contributed by atoms with Crippen LogP contribution in [0.25, 0.3) is 0 Å². The van der Waals surface area contributed by atoms with Gasteiger partial charge in [0.2, 0.25) is 0 Å². The highest BCUT2D eigenvalue weighted by atomic mass is 35.5.